The van der Waals surface area contributed by atoms with E-state index in [0.717, 1.165) is 25.7 Å². The molecule has 1 unspecified atom stereocenters. The Kier molecular flexibility index (Phi) is 5.01. The molecule has 1 saturated heterocycles. The summed E-state index contributed by atoms with van der Waals surface area (Å²) < 4.78 is 5.41. The first kappa shape index (κ1) is 14.1. The lowest BCUT2D eigenvalue weighted by atomic mass is 9.98. The molecular formula is C13H23N3O3. The first-order valence-electron chi connectivity index (χ1n) is 7.10. The third-order valence-corrected chi connectivity index (χ3v) is 4.03. The van der Waals surface area contributed by atoms with Crippen LogP contribution in [-0.2, 0) is 9.53 Å². The minimum atomic E-state index is -0.478. The van der Waals surface area contributed by atoms with Crippen molar-refractivity contribution >= 4 is 11.7 Å². The minimum Gasteiger partial charge on any atom is -0.409 e. The lowest BCUT2D eigenvalue weighted by Gasteiger charge is -2.34. The largest absolute Gasteiger partial charge is 0.409 e. The molecule has 19 heavy (non-hydrogen) atoms. The summed E-state index contributed by atoms with van der Waals surface area (Å²) in [7, 11) is 0. The van der Waals surface area contributed by atoms with E-state index in [-0.39, 0.29) is 17.7 Å². The Morgan fingerprint density at radius 1 is 1.26 bits per heavy atom. The Bertz CT molecular complexity index is 338. The van der Waals surface area contributed by atoms with Crippen LogP contribution >= 0.6 is 0 Å². The zero-order chi connectivity index (χ0) is 13.7. The van der Waals surface area contributed by atoms with E-state index in [2.05, 4.69) is 5.16 Å². The molecule has 1 aliphatic heterocycles. The molecule has 6 heteroatoms. The van der Waals surface area contributed by atoms with Gasteiger partial charge in [0.25, 0.3) is 0 Å². The zero-order valence-electron chi connectivity index (χ0n) is 11.3. The fourth-order valence-electron chi connectivity index (χ4n) is 2.88. The number of rotatable bonds is 2. The van der Waals surface area contributed by atoms with Gasteiger partial charge >= 0.3 is 0 Å². The van der Waals surface area contributed by atoms with Crippen molar-refractivity contribution in [3.63, 3.8) is 0 Å². The van der Waals surface area contributed by atoms with E-state index in [1.54, 1.807) is 0 Å². The van der Waals surface area contributed by atoms with Crippen LogP contribution in [-0.4, -0.2) is 47.7 Å². The highest BCUT2D eigenvalue weighted by molar-refractivity contribution is 5.86. The molecule has 1 heterocycles. The normalized spacial score (nSPS) is 27.1. The van der Waals surface area contributed by atoms with Crippen LogP contribution in [0.1, 0.15) is 38.5 Å². The highest BCUT2D eigenvalue weighted by Gasteiger charge is 2.31. The highest BCUT2D eigenvalue weighted by Crippen LogP contribution is 2.25. The van der Waals surface area contributed by atoms with Crippen molar-refractivity contribution in [1.82, 2.24) is 4.90 Å². The first-order chi connectivity index (χ1) is 9.22. The summed E-state index contributed by atoms with van der Waals surface area (Å²) in [5.41, 5.74) is 5.55. The predicted octanol–water partition coefficient (Wildman–Crippen LogP) is 0.931. The standard InChI is InChI=1S/C13H23N3O3/c14-12(15-18)11-9-16(7-8-19-11)13(17)10-5-3-1-2-4-6-10/h10-11,18H,1-9H2,(H2,14,15). The number of amidine groups is 1. The monoisotopic (exact) mass is 269 g/mol. The lowest BCUT2D eigenvalue weighted by Crippen LogP contribution is -2.51. The molecule has 0 aromatic heterocycles. The number of oxime groups is 1. The van der Waals surface area contributed by atoms with E-state index in [4.69, 9.17) is 15.7 Å². The molecule has 108 valence electrons. The van der Waals surface area contributed by atoms with Gasteiger partial charge in [0.2, 0.25) is 5.91 Å². The average Bonchev–Trinajstić information content (AvgIpc) is 2.75. The van der Waals surface area contributed by atoms with Gasteiger partial charge in [-0.15, -0.1) is 0 Å². The van der Waals surface area contributed by atoms with Gasteiger partial charge in [0.15, 0.2) is 5.84 Å². The molecule has 1 atom stereocenters. The van der Waals surface area contributed by atoms with Crippen LogP contribution in [0.3, 0.4) is 0 Å². The molecule has 1 saturated carbocycles. The maximum absolute atomic E-state index is 12.5. The fraction of sp³-hybridized carbons (Fsp3) is 0.846. The SMILES string of the molecule is NC(=NO)C1CN(C(=O)C2CCCCCC2)CCO1. The zero-order valence-corrected chi connectivity index (χ0v) is 11.3. The Morgan fingerprint density at radius 3 is 2.58 bits per heavy atom. The topological polar surface area (TPSA) is 88.2 Å². The maximum Gasteiger partial charge on any atom is 0.225 e. The highest BCUT2D eigenvalue weighted by atomic mass is 16.5. The van der Waals surface area contributed by atoms with Gasteiger partial charge in [-0.2, -0.15) is 0 Å². The second kappa shape index (κ2) is 6.75. The quantitative estimate of drug-likeness (QED) is 0.257. The average molecular weight is 269 g/mol. The molecule has 6 nitrogen and oxygen atoms in total. The van der Waals surface area contributed by atoms with Crippen molar-refractivity contribution in [2.45, 2.75) is 44.6 Å². The first-order valence-corrected chi connectivity index (χ1v) is 7.10. The van der Waals surface area contributed by atoms with E-state index in [9.17, 15) is 4.79 Å². The van der Waals surface area contributed by atoms with Crippen LogP contribution < -0.4 is 5.73 Å². The molecule has 2 aliphatic rings. The third-order valence-electron chi connectivity index (χ3n) is 4.03. The Morgan fingerprint density at radius 2 is 1.95 bits per heavy atom. The molecular weight excluding hydrogens is 246 g/mol. The molecule has 3 N–H and O–H groups in total. The number of carbonyl (C=O) groups excluding carboxylic acids is 1. The second-order valence-electron chi connectivity index (χ2n) is 5.36. The van der Waals surface area contributed by atoms with Crippen LogP contribution in [0, 0.1) is 5.92 Å². The van der Waals surface area contributed by atoms with Crippen molar-refractivity contribution in [3.05, 3.63) is 0 Å². The van der Waals surface area contributed by atoms with Crippen LogP contribution in [0.25, 0.3) is 0 Å². The number of hydrogen-bond acceptors (Lipinski definition) is 4. The number of carbonyl (C=O) groups is 1. The molecule has 0 aromatic rings. The molecule has 2 rings (SSSR count). The summed E-state index contributed by atoms with van der Waals surface area (Å²) in [6.07, 6.45) is 6.26. The third kappa shape index (κ3) is 3.59. The summed E-state index contributed by atoms with van der Waals surface area (Å²) in [6.45, 7) is 1.44. The number of nitrogens with zero attached hydrogens (tertiary/aromatic N) is 2. The van der Waals surface area contributed by atoms with Crippen molar-refractivity contribution in [3.8, 4) is 0 Å². The van der Waals surface area contributed by atoms with E-state index in [1.807, 2.05) is 4.90 Å². The number of amides is 1. The molecule has 2 fully saturated rings. The van der Waals surface area contributed by atoms with E-state index >= 15 is 0 Å². The van der Waals surface area contributed by atoms with E-state index in [0.29, 0.717) is 19.7 Å². The van der Waals surface area contributed by atoms with Crippen molar-refractivity contribution in [1.29, 1.82) is 0 Å². The summed E-state index contributed by atoms with van der Waals surface area (Å²) >= 11 is 0. The fourth-order valence-corrected chi connectivity index (χ4v) is 2.88. The number of ether oxygens (including phenoxy) is 1. The van der Waals surface area contributed by atoms with Gasteiger partial charge in [-0.1, -0.05) is 30.8 Å². The summed E-state index contributed by atoms with van der Waals surface area (Å²) in [5, 5.41) is 11.6. The second-order valence-corrected chi connectivity index (χ2v) is 5.36. The van der Waals surface area contributed by atoms with Crippen LogP contribution in [0.5, 0.6) is 0 Å². The molecule has 0 spiro atoms. The van der Waals surface area contributed by atoms with Gasteiger partial charge in [-0.3, -0.25) is 4.79 Å². The van der Waals surface area contributed by atoms with Crippen molar-refractivity contribution < 1.29 is 14.7 Å². The van der Waals surface area contributed by atoms with Gasteiger partial charge in [-0.25, -0.2) is 0 Å². The molecule has 0 aromatic carbocycles. The van der Waals surface area contributed by atoms with Gasteiger partial charge in [0.05, 0.1) is 13.2 Å². The Labute approximate surface area is 113 Å². The van der Waals surface area contributed by atoms with Gasteiger partial charge < -0.3 is 20.6 Å². The van der Waals surface area contributed by atoms with Crippen LogP contribution in [0.15, 0.2) is 5.16 Å². The summed E-state index contributed by atoms with van der Waals surface area (Å²) in [5.74, 6) is 0.396. The van der Waals surface area contributed by atoms with E-state index < -0.39 is 6.10 Å². The molecule has 0 bridgehead atoms. The smallest absolute Gasteiger partial charge is 0.225 e. The van der Waals surface area contributed by atoms with Gasteiger partial charge in [0, 0.05) is 12.5 Å². The van der Waals surface area contributed by atoms with Gasteiger partial charge in [0.1, 0.15) is 6.10 Å². The van der Waals surface area contributed by atoms with Gasteiger partial charge in [-0.05, 0) is 12.8 Å². The van der Waals surface area contributed by atoms with Crippen LogP contribution in [0.4, 0.5) is 0 Å². The Balaban J connectivity index is 1.94. The summed E-state index contributed by atoms with van der Waals surface area (Å²) in [4.78, 5) is 14.3. The predicted molar refractivity (Wildman–Crippen MR) is 70.9 cm³/mol. The number of morpholine rings is 1. The Hall–Kier alpha value is -1.30. The molecule has 1 aliphatic carbocycles. The van der Waals surface area contributed by atoms with Crippen molar-refractivity contribution in [2.24, 2.45) is 16.8 Å². The summed E-state index contributed by atoms with van der Waals surface area (Å²) in [6, 6.07) is 0. The maximum atomic E-state index is 12.5. The molecule has 1 amide bonds. The van der Waals surface area contributed by atoms with Crippen LogP contribution in [0.2, 0.25) is 0 Å². The van der Waals surface area contributed by atoms with Crippen molar-refractivity contribution in [2.75, 3.05) is 19.7 Å². The molecule has 0 radical (unpaired) electrons. The number of nitrogens with two attached hydrogens (primary N) is 1. The minimum absolute atomic E-state index is 0.0402. The van der Waals surface area contributed by atoms with E-state index in [1.165, 1.54) is 12.8 Å². The number of hydrogen-bond donors (Lipinski definition) is 2. The lowest BCUT2D eigenvalue weighted by molar-refractivity contribution is -0.141.